The zero-order chi connectivity index (χ0) is 17.9. The highest BCUT2D eigenvalue weighted by Gasteiger charge is 2.22. The first-order valence-electron chi connectivity index (χ1n) is 8.46. The van der Waals surface area contributed by atoms with E-state index in [4.69, 9.17) is 16.0 Å². The lowest BCUT2D eigenvalue weighted by atomic mass is 10.2. The number of halogens is 1. The molecule has 0 N–H and O–H groups in total. The zero-order valence-corrected chi connectivity index (χ0v) is 15.7. The highest BCUT2D eigenvalue weighted by molar-refractivity contribution is 7.99. The van der Waals surface area contributed by atoms with Crippen molar-refractivity contribution >= 4 is 46.1 Å². The summed E-state index contributed by atoms with van der Waals surface area (Å²) in [4.78, 5) is 21.0. The number of piperazine rings is 1. The van der Waals surface area contributed by atoms with Crippen LogP contribution < -0.4 is 4.90 Å². The normalized spacial score (nSPS) is 14.8. The Labute approximate surface area is 160 Å². The van der Waals surface area contributed by atoms with E-state index in [2.05, 4.69) is 9.88 Å². The van der Waals surface area contributed by atoms with Crippen molar-refractivity contribution in [1.29, 1.82) is 0 Å². The first-order valence-corrected chi connectivity index (χ1v) is 9.82. The number of carbonyl (C=O) groups excluding carboxylic acids is 1. The van der Waals surface area contributed by atoms with Gasteiger partial charge < -0.3 is 14.2 Å². The Morgan fingerprint density at radius 2 is 1.92 bits per heavy atom. The standard InChI is InChI=1S/C19H18ClN3O2S/c20-14-4-3-5-15(12-14)22-8-10-23(11-9-22)18(24)13-26-19-21-16-6-1-2-7-17(16)25-19/h1-7,12H,8-11,13H2. The molecule has 1 fully saturated rings. The average molecular weight is 388 g/mol. The molecule has 0 radical (unpaired) electrons. The summed E-state index contributed by atoms with van der Waals surface area (Å²) in [5.74, 6) is 0.451. The molecule has 26 heavy (non-hydrogen) atoms. The van der Waals surface area contributed by atoms with Crippen LogP contribution >= 0.6 is 23.4 Å². The summed E-state index contributed by atoms with van der Waals surface area (Å²) in [7, 11) is 0. The van der Waals surface area contributed by atoms with E-state index >= 15 is 0 Å². The molecule has 1 amide bonds. The van der Waals surface area contributed by atoms with Gasteiger partial charge in [-0.1, -0.05) is 41.6 Å². The van der Waals surface area contributed by atoms with E-state index in [-0.39, 0.29) is 5.91 Å². The molecule has 0 unspecified atom stereocenters. The molecule has 1 aliphatic rings. The minimum atomic E-state index is 0.114. The minimum Gasteiger partial charge on any atom is -0.431 e. The molecular weight excluding hydrogens is 370 g/mol. The topological polar surface area (TPSA) is 49.6 Å². The third-order valence-electron chi connectivity index (χ3n) is 4.40. The Morgan fingerprint density at radius 1 is 1.12 bits per heavy atom. The van der Waals surface area contributed by atoms with E-state index in [0.29, 0.717) is 24.1 Å². The van der Waals surface area contributed by atoms with Gasteiger partial charge in [0, 0.05) is 36.9 Å². The molecule has 0 spiro atoms. The van der Waals surface area contributed by atoms with Crippen LogP contribution in [0.2, 0.25) is 5.02 Å². The van der Waals surface area contributed by atoms with Gasteiger partial charge in [-0.15, -0.1) is 0 Å². The lowest BCUT2D eigenvalue weighted by molar-refractivity contribution is -0.128. The number of hydrogen-bond donors (Lipinski definition) is 0. The molecule has 3 aromatic rings. The molecule has 1 saturated heterocycles. The molecule has 1 aliphatic heterocycles. The van der Waals surface area contributed by atoms with Crippen molar-refractivity contribution < 1.29 is 9.21 Å². The number of thioether (sulfide) groups is 1. The van der Waals surface area contributed by atoms with E-state index < -0.39 is 0 Å². The molecule has 0 saturated carbocycles. The fraction of sp³-hybridized carbons (Fsp3) is 0.263. The SMILES string of the molecule is O=C(CSc1nc2ccccc2o1)N1CCN(c2cccc(Cl)c2)CC1. The highest BCUT2D eigenvalue weighted by Crippen LogP contribution is 2.24. The summed E-state index contributed by atoms with van der Waals surface area (Å²) >= 11 is 7.41. The van der Waals surface area contributed by atoms with Gasteiger partial charge in [-0.3, -0.25) is 4.79 Å². The second-order valence-electron chi connectivity index (χ2n) is 6.08. The molecule has 1 aromatic heterocycles. The van der Waals surface area contributed by atoms with Crippen LogP contribution in [0.1, 0.15) is 0 Å². The van der Waals surface area contributed by atoms with Crippen molar-refractivity contribution in [3.63, 3.8) is 0 Å². The molecule has 2 heterocycles. The predicted molar refractivity (Wildman–Crippen MR) is 105 cm³/mol. The maximum absolute atomic E-state index is 12.5. The van der Waals surface area contributed by atoms with Crippen molar-refractivity contribution in [2.24, 2.45) is 0 Å². The summed E-state index contributed by atoms with van der Waals surface area (Å²) in [6.45, 7) is 3.03. The third kappa shape index (κ3) is 3.81. The van der Waals surface area contributed by atoms with Crippen LogP contribution in [-0.2, 0) is 4.79 Å². The number of oxazole rings is 1. The first kappa shape index (κ1) is 17.2. The number of fused-ring (bicyclic) bond motifs is 1. The number of hydrogen-bond acceptors (Lipinski definition) is 5. The number of amides is 1. The molecule has 7 heteroatoms. The molecule has 134 valence electrons. The van der Waals surface area contributed by atoms with E-state index in [1.54, 1.807) is 0 Å². The minimum absolute atomic E-state index is 0.114. The van der Waals surface area contributed by atoms with Gasteiger partial charge in [-0.25, -0.2) is 4.98 Å². The van der Waals surface area contributed by atoms with E-state index in [9.17, 15) is 4.79 Å². The maximum Gasteiger partial charge on any atom is 0.257 e. The van der Waals surface area contributed by atoms with Crippen LogP contribution in [0.15, 0.2) is 58.2 Å². The maximum atomic E-state index is 12.5. The van der Waals surface area contributed by atoms with Gasteiger partial charge in [0.15, 0.2) is 5.58 Å². The number of carbonyl (C=O) groups is 1. The average Bonchev–Trinajstić information content (AvgIpc) is 3.09. The lowest BCUT2D eigenvalue weighted by Gasteiger charge is -2.36. The van der Waals surface area contributed by atoms with Gasteiger partial charge >= 0.3 is 0 Å². The predicted octanol–water partition coefficient (Wildman–Crippen LogP) is 3.92. The summed E-state index contributed by atoms with van der Waals surface area (Å²) in [5, 5.41) is 1.27. The highest BCUT2D eigenvalue weighted by atomic mass is 35.5. The second kappa shape index (κ2) is 7.60. The van der Waals surface area contributed by atoms with Crippen molar-refractivity contribution in [2.45, 2.75) is 5.22 Å². The number of para-hydroxylation sites is 2. The van der Waals surface area contributed by atoms with Crippen LogP contribution in [-0.4, -0.2) is 47.7 Å². The first-order chi connectivity index (χ1) is 12.7. The summed E-state index contributed by atoms with van der Waals surface area (Å²) in [6.07, 6.45) is 0. The number of benzene rings is 2. The van der Waals surface area contributed by atoms with Gasteiger partial charge in [-0.2, -0.15) is 0 Å². The van der Waals surface area contributed by atoms with Gasteiger partial charge in [0.2, 0.25) is 5.91 Å². The van der Waals surface area contributed by atoms with Gasteiger partial charge in [0.05, 0.1) is 5.75 Å². The van der Waals surface area contributed by atoms with Crippen molar-refractivity contribution in [3.8, 4) is 0 Å². The van der Waals surface area contributed by atoms with Gasteiger partial charge in [0.25, 0.3) is 5.22 Å². The van der Waals surface area contributed by atoms with Gasteiger partial charge in [0.1, 0.15) is 5.52 Å². The van der Waals surface area contributed by atoms with E-state index in [1.807, 2.05) is 53.4 Å². The van der Waals surface area contributed by atoms with Crippen molar-refractivity contribution in [2.75, 3.05) is 36.8 Å². The molecule has 4 rings (SSSR count). The molecule has 0 aliphatic carbocycles. The Kier molecular flexibility index (Phi) is 5.04. The fourth-order valence-electron chi connectivity index (χ4n) is 3.01. The number of nitrogens with zero attached hydrogens (tertiary/aromatic N) is 3. The van der Waals surface area contributed by atoms with Crippen molar-refractivity contribution in [1.82, 2.24) is 9.88 Å². The van der Waals surface area contributed by atoms with Crippen LogP contribution in [0.25, 0.3) is 11.1 Å². The Morgan fingerprint density at radius 3 is 2.69 bits per heavy atom. The molecule has 0 bridgehead atoms. The Bertz CT molecular complexity index is 889. The van der Waals surface area contributed by atoms with E-state index in [1.165, 1.54) is 11.8 Å². The van der Waals surface area contributed by atoms with Gasteiger partial charge in [-0.05, 0) is 30.3 Å². The van der Waals surface area contributed by atoms with Crippen LogP contribution in [0.4, 0.5) is 5.69 Å². The van der Waals surface area contributed by atoms with Crippen molar-refractivity contribution in [3.05, 3.63) is 53.6 Å². The van der Waals surface area contributed by atoms with Crippen LogP contribution in [0.3, 0.4) is 0 Å². The second-order valence-corrected chi connectivity index (χ2v) is 7.45. The Balaban J connectivity index is 1.30. The van der Waals surface area contributed by atoms with Crippen LogP contribution in [0, 0.1) is 0 Å². The number of anilines is 1. The third-order valence-corrected chi connectivity index (χ3v) is 5.45. The molecule has 5 nitrogen and oxygen atoms in total. The molecule has 0 atom stereocenters. The summed E-state index contributed by atoms with van der Waals surface area (Å²) < 4.78 is 5.65. The summed E-state index contributed by atoms with van der Waals surface area (Å²) in [6, 6.07) is 15.4. The molecular formula is C19H18ClN3O2S. The zero-order valence-electron chi connectivity index (χ0n) is 14.1. The summed E-state index contributed by atoms with van der Waals surface area (Å²) in [5.41, 5.74) is 2.67. The van der Waals surface area contributed by atoms with E-state index in [0.717, 1.165) is 34.9 Å². The number of rotatable bonds is 4. The van der Waals surface area contributed by atoms with Crippen LogP contribution in [0.5, 0.6) is 0 Å². The lowest BCUT2D eigenvalue weighted by Crippen LogP contribution is -2.49. The monoisotopic (exact) mass is 387 g/mol. The molecule has 2 aromatic carbocycles. The number of aromatic nitrogens is 1. The largest absolute Gasteiger partial charge is 0.431 e. The smallest absolute Gasteiger partial charge is 0.257 e. The quantitative estimate of drug-likeness (QED) is 0.635. The Hall–Kier alpha value is -2.18. The fourth-order valence-corrected chi connectivity index (χ4v) is 3.94.